The zero-order chi connectivity index (χ0) is 14.7. The van der Waals surface area contributed by atoms with Crippen molar-refractivity contribution >= 4 is 11.6 Å². The normalized spacial score (nSPS) is 10.1. The molecule has 0 fully saturated rings. The Hall–Kier alpha value is -2.96. The highest BCUT2D eigenvalue weighted by atomic mass is 19.1. The number of nitro groups is 1. The van der Waals surface area contributed by atoms with Crippen molar-refractivity contribution in [1.82, 2.24) is 0 Å². The molecule has 0 aliphatic carbocycles. The topological polar surface area (TPSA) is 95.5 Å². The molecule has 0 heterocycles. The fourth-order valence-electron chi connectivity index (χ4n) is 1.54. The Balaban J connectivity index is 2.25. The van der Waals surface area contributed by atoms with Gasteiger partial charge in [-0.2, -0.15) is 0 Å². The van der Waals surface area contributed by atoms with Crippen molar-refractivity contribution in [2.75, 3.05) is 0 Å². The third kappa shape index (κ3) is 3.08. The van der Waals surface area contributed by atoms with Crippen molar-refractivity contribution in [3.63, 3.8) is 0 Å². The van der Waals surface area contributed by atoms with E-state index in [4.69, 9.17) is 10.5 Å². The Kier molecular flexibility index (Phi) is 3.60. The average Bonchev–Trinajstić information content (AvgIpc) is 2.38. The molecule has 6 nitrogen and oxygen atoms in total. The maximum Gasteiger partial charge on any atom is 0.276 e. The van der Waals surface area contributed by atoms with Crippen LogP contribution >= 0.6 is 0 Å². The molecule has 0 radical (unpaired) electrons. The first-order valence-corrected chi connectivity index (χ1v) is 5.48. The zero-order valence-electron chi connectivity index (χ0n) is 10.1. The second-order valence-electron chi connectivity index (χ2n) is 3.89. The van der Waals surface area contributed by atoms with E-state index in [1.165, 1.54) is 24.3 Å². The van der Waals surface area contributed by atoms with Gasteiger partial charge in [-0.1, -0.05) is 0 Å². The molecule has 0 unspecified atom stereocenters. The highest BCUT2D eigenvalue weighted by Crippen LogP contribution is 2.26. The molecular formula is C13H9FN2O4. The van der Waals surface area contributed by atoms with Gasteiger partial charge >= 0.3 is 0 Å². The largest absolute Gasteiger partial charge is 0.457 e. The summed E-state index contributed by atoms with van der Waals surface area (Å²) in [6.45, 7) is 0. The van der Waals surface area contributed by atoms with Gasteiger partial charge in [-0.25, -0.2) is 4.39 Å². The molecule has 102 valence electrons. The smallest absolute Gasteiger partial charge is 0.276 e. The van der Waals surface area contributed by atoms with Gasteiger partial charge in [0, 0.05) is 11.6 Å². The molecular weight excluding hydrogens is 267 g/mol. The van der Waals surface area contributed by atoms with E-state index >= 15 is 0 Å². The molecule has 0 saturated heterocycles. The van der Waals surface area contributed by atoms with Gasteiger partial charge in [0.1, 0.15) is 17.3 Å². The Morgan fingerprint density at radius 2 is 1.80 bits per heavy atom. The van der Waals surface area contributed by atoms with Crippen LogP contribution in [0.15, 0.2) is 42.5 Å². The Morgan fingerprint density at radius 3 is 2.35 bits per heavy atom. The van der Waals surface area contributed by atoms with Gasteiger partial charge < -0.3 is 10.5 Å². The lowest BCUT2D eigenvalue weighted by molar-refractivity contribution is -0.385. The van der Waals surface area contributed by atoms with Crippen LogP contribution in [-0.4, -0.2) is 10.8 Å². The molecule has 2 rings (SSSR count). The van der Waals surface area contributed by atoms with E-state index in [1.54, 1.807) is 0 Å². The number of non-ortho nitro benzene ring substituents is 1. The van der Waals surface area contributed by atoms with Crippen molar-refractivity contribution in [2.45, 2.75) is 0 Å². The van der Waals surface area contributed by atoms with E-state index in [1.807, 2.05) is 0 Å². The summed E-state index contributed by atoms with van der Waals surface area (Å²) in [4.78, 5) is 20.8. The average molecular weight is 276 g/mol. The predicted octanol–water partition coefficient (Wildman–Crippen LogP) is 2.63. The SMILES string of the molecule is NC(=O)c1ccc(Oc2cc(F)cc([N+](=O)[O-])c2)cc1. The first kappa shape index (κ1) is 13.5. The summed E-state index contributed by atoms with van der Waals surface area (Å²) in [6.07, 6.45) is 0. The Labute approximate surface area is 112 Å². The van der Waals surface area contributed by atoms with E-state index in [-0.39, 0.29) is 5.75 Å². The third-order valence-electron chi connectivity index (χ3n) is 2.44. The van der Waals surface area contributed by atoms with Crippen molar-refractivity contribution in [2.24, 2.45) is 5.73 Å². The molecule has 20 heavy (non-hydrogen) atoms. The van der Waals surface area contributed by atoms with Crippen molar-refractivity contribution in [1.29, 1.82) is 0 Å². The van der Waals surface area contributed by atoms with E-state index < -0.39 is 22.3 Å². The molecule has 0 spiro atoms. The number of nitrogens with two attached hydrogens (primary N) is 1. The summed E-state index contributed by atoms with van der Waals surface area (Å²) in [7, 11) is 0. The van der Waals surface area contributed by atoms with Crippen LogP contribution in [0.2, 0.25) is 0 Å². The number of nitro benzene ring substituents is 1. The molecule has 0 atom stereocenters. The standard InChI is InChI=1S/C13H9FN2O4/c14-9-5-10(16(18)19)7-12(6-9)20-11-3-1-8(2-4-11)13(15)17/h1-7H,(H2,15,17). The molecule has 2 aromatic carbocycles. The highest BCUT2D eigenvalue weighted by molar-refractivity contribution is 5.92. The van der Waals surface area contributed by atoms with Crippen LogP contribution in [0, 0.1) is 15.9 Å². The Bertz CT molecular complexity index is 671. The molecule has 7 heteroatoms. The van der Waals surface area contributed by atoms with E-state index in [0.717, 1.165) is 18.2 Å². The van der Waals surface area contributed by atoms with Crippen molar-refractivity contribution in [3.8, 4) is 11.5 Å². The first-order valence-electron chi connectivity index (χ1n) is 5.48. The summed E-state index contributed by atoms with van der Waals surface area (Å²) in [5.74, 6) is -1.07. The second-order valence-corrected chi connectivity index (χ2v) is 3.89. The number of hydrogen-bond donors (Lipinski definition) is 1. The van der Waals surface area contributed by atoms with Crippen LogP contribution in [0.5, 0.6) is 11.5 Å². The summed E-state index contributed by atoms with van der Waals surface area (Å²) in [6, 6.07) is 8.70. The van der Waals surface area contributed by atoms with Gasteiger partial charge in [0.2, 0.25) is 5.91 Å². The number of halogens is 1. The van der Waals surface area contributed by atoms with Crippen LogP contribution < -0.4 is 10.5 Å². The van der Waals surface area contributed by atoms with E-state index in [0.29, 0.717) is 11.3 Å². The van der Waals surface area contributed by atoms with Gasteiger partial charge in [-0.05, 0) is 24.3 Å². The maximum absolute atomic E-state index is 13.2. The molecule has 0 bridgehead atoms. The van der Waals surface area contributed by atoms with Crippen LogP contribution in [0.25, 0.3) is 0 Å². The monoisotopic (exact) mass is 276 g/mol. The number of rotatable bonds is 4. The molecule has 0 aromatic heterocycles. The van der Waals surface area contributed by atoms with Crippen molar-refractivity contribution < 1.29 is 18.8 Å². The summed E-state index contributed by atoms with van der Waals surface area (Å²) in [5, 5.41) is 10.6. The van der Waals surface area contributed by atoms with Crippen molar-refractivity contribution in [3.05, 3.63) is 64.0 Å². The Morgan fingerprint density at radius 1 is 1.15 bits per heavy atom. The third-order valence-corrected chi connectivity index (χ3v) is 2.44. The van der Waals surface area contributed by atoms with E-state index in [9.17, 15) is 19.3 Å². The molecule has 2 N–H and O–H groups in total. The van der Waals surface area contributed by atoms with Gasteiger partial charge in [0.05, 0.1) is 17.1 Å². The van der Waals surface area contributed by atoms with Crippen LogP contribution in [0.3, 0.4) is 0 Å². The lowest BCUT2D eigenvalue weighted by Gasteiger charge is -2.06. The van der Waals surface area contributed by atoms with Gasteiger partial charge in [-0.3, -0.25) is 14.9 Å². The van der Waals surface area contributed by atoms with Gasteiger partial charge in [-0.15, -0.1) is 0 Å². The van der Waals surface area contributed by atoms with Crippen LogP contribution in [0.4, 0.5) is 10.1 Å². The van der Waals surface area contributed by atoms with Crippen LogP contribution in [0.1, 0.15) is 10.4 Å². The molecule has 1 amide bonds. The fourth-order valence-corrected chi connectivity index (χ4v) is 1.54. The molecule has 0 aliphatic rings. The molecule has 0 aliphatic heterocycles. The predicted molar refractivity (Wildman–Crippen MR) is 68.1 cm³/mol. The second kappa shape index (κ2) is 5.35. The molecule has 2 aromatic rings. The minimum Gasteiger partial charge on any atom is -0.457 e. The number of nitrogens with zero attached hydrogens (tertiary/aromatic N) is 1. The lowest BCUT2D eigenvalue weighted by atomic mass is 10.2. The minimum atomic E-state index is -0.775. The van der Waals surface area contributed by atoms with Crippen LogP contribution in [-0.2, 0) is 0 Å². The number of hydrogen-bond acceptors (Lipinski definition) is 4. The number of primary amides is 1. The number of carbonyl (C=O) groups is 1. The number of ether oxygens (including phenoxy) is 1. The van der Waals surface area contributed by atoms with Gasteiger partial charge in [0.15, 0.2) is 0 Å². The minimum absolute atomic E-state index is 0.0106. The highest BCUT2D eigenvalue weighted by Gasteiger charge is 2.11. The summed E-state index contributed by atoms with van der Waals surface area (Å²) >= 11 is 0. The number of amides is 1. The van der Waals surface area contributed by atoms with E-state index in [2.05, 4.69) is 0 Å². The first-order chi connectivity index (χ1) is 9.45. The number of benzene rings is 2. The van der Waals surface area contributed by atoms with Gasteiger partial charge in [0.25, 0.3) is 5.69 Å². The molecule has 0 saturated carbocycles. The number of carbonyl (C=O) groups excluding carboxylic acids is 1. The summed E-state index contributed by atoms with van der Waals surface area (Å²) in [5.41, 5.74) is 4.97. The summed E-state index contributed by atoms with van der Waals surface area (Å²) < 4.78 is 18.5. The fraction of sp³-hybridized carbons (Fsp3) is 0. The maximum atomic E-state index is 13.2. The zero-order valence-corrected chi connectivity index (χ0v) is 10.1. The lowest BCUT2D eigenvalue weighted by Crippen LogP contribution is -2.10. The quantitative estimate of drug-likeness (QED) is 0.685.